The summed E-state index contributed by atoms with van der Waals surface area (Å²) in [5.74, 6) is -2.68. The number of carboxylic acids is 1. The molecule has 0 aromatic heterocycles. The number of fused-ring (bicyclic) bond motifs is 5. The van der Waals surface area contributed by atoms with Crippen molar-refractivity contribution in [2.45, 2.75) is 116 Å². The highest BCUT2D eigenvalue weighted by Gasteiger charge is 2.76. The molecule has 0 heterocycles. The number of allylic oxidation sites excluding steroid dienone is 4. The molecule has 3 saturated carbocycles. The predicted molar refractivity (Wildman–Crippen MR) is 218 cm³/mol. The lowest BCUT2D eigenvalue weighted by atomic mass is 9.46. The van der Waals surface area contributed by atoms with Gasteiger partial charge < -0.3 is 19.9 Å². The van der Waals surface area contributed by atoms with Crippen LogP contribution >= 0.6 is 23.2 Å². The van der Waals surface area contributed by atoms with E-state index in [0.29, 0.717) is 37.8 Å². The predicted octanol–water partition coefficient (Wildman–Crippen LogP) is 9.86. The van der Waals surface area contributed by atoms with Crippen LogP contribution in [0.2, 0.25) is 0 Å². The Labute approximate surface area is 340 Å². The number of halogens is 2. The lowest BCUT2D eigenvalue weighted by Gasteiger charge is -2.64. The Morgan fingerprint density at radius 1 is 0.946 bits per heavy atom. The fraction of sp³-hybridized carbons (Fsp3) is 0.533. The number of ether oxygens (including phenoxy) is 2. The molecule has 6 rings (SSSR count). The number of rotatable bonds is 11. The summed E-state index contributed by atoms with van der Waals surface area (Å²) in [5, 5.41) is 11.7. The molecule has 2 aromatic carbocycles. The first kappa shape index (κ1) is 43.2. The van der Waals surface area contributed by atoms with Crippen molar-refractivity contribution in [3.05, 3.63) is 83.0 Å². The fourth-order valence-corrected chi connectivity index (χ4v) is 11.3. The molecule has 0 bridgehead atoms. The average Bonchev–Trinajstić information content (AvgIpc) is 3.36. The number of carbonyl (C=O) groups excluding carboxylic acids is 4. The van der Waals surface area contributed by atoms with Crippen molar-refractivity contribution in [2.24, 2.45) is 28.6 Å². The highest BCUT2D eigenvalue weighted by molar-refractivity contribution is 6.34. The number of benzene rings is 2. The minimum Gasteiger partial charge on any atom is -0.478 e. The van der Waals surface area contributed by atoms with E-state index >= 15 is 0 Å². The number of esters is 2. The summed E-state index contributed by atoms with van der Waals surface area (Å²) in [6.07, 6.45) is 9.21. The molecule has 9 nitrogen and oxygen atoms in total. The first-order valence-electron chi connectivity index (χ1n) is 19.7. The van der Waals surface area contributed by atoms with Crippen LogP contribution in [0, 0.1) is 42.4 Å². The maximum atomic E-state index is 14.1. The van der Waals surface area contributed by atoms with Crippen LogP contribution in [0.25, 0.3) is 0 Å². The van der Waals surface area contributed by atoms with Crippen molar-refractivity contribution < 1.29 is 38.6 Å². The third-order valence-electron chi connectivity index (χ3n) is 13.1. The second-order valence-electron chi connectivity index (χ2n) is 16.4. The average molecular weight is 809 g/mol. The van der Waals surface area contributed by atoms with E-state index in [4.69, 9.17) is 37.8 Å². The van der Waals surface area contributed by atoms with E-state index in [1.54, 1.807) is 30.4 Å². The molecule has 0 aliphatic heterocycles. The van der Waals surface area contributed by atoms with E-state index in [1.165, 1.54) is 5.56 Å². The van der Waals surface area contributed by atoms with Gasteiger partial charge >= 0.3 is 17.9 Å². The SMILES string of the molecule is CCCC(=O)OCC(=O)[C@@]1(OC(=O)CCC)[C@H](C)C[C@H]2[C@@H]3CCC4=CC(=O)C=C[C@]4(C)[C@@]3(Cl)[C@@H](Cl)C[C@@]21C.Cc1cccc(Nc2ccccc2C(=O)O)c1C. The van der Waals surface area contributed by atoms with Crippen LogP contribution in [0.4, 0.5) is 11.4 Å². The number of nitrogens with one attached hydrogen (secondary N) is 1. The molecule has 2 aromatic rings. The van der Waals surface area contributed by atoms with Crippen LogP contribution in [-0.4, -0.2) is 57.0 Å². The molecule has 4 aliphatic carbocycles. The summed E-state index contributed by atoms with van der Waals surface area (Å²) < 4.78 is 11.6. The standard InChI is InChI=1S/C30H40Cl2O6.C15H15NO2/c1-6-8-25(35)37-17-24(34)30(38-26(36)9-7-2)18(3)14-22-21-11-10-19-15-20(33)12-13-27(19,4)29(21,32)23(31)16-28(22,30)5;1-10-6-5-9-13(11(10)2)16-14-8-4-3-7-12(14)15(17)18/h12-13,15,18,21-23H,6-11,14,16-17H2,1-5H3;3-9,16H,1-2H3,(H,17,18)/t18-,21+,22+,23+,27+,28+,29+,30+;/m1./s1. The van der Waals surface area contributed by atoms with Crippen molar-refractivity contribution in [3.63, 3.8) is 0 Å². The van der Waals surface area contributed by atoms with Gasteiger partial charge in [-0.05, 0) is 106 Å². The number of hydrogen-bond acceptors (Lipinski definition) is 8. The fourth-order valence-electron chi connectivity index (χ4n) is 10.1. The van der Waals surface area contributed by atoms with E-state index in [1.807, 2.05) is 71.9 Å². The van der Waals surface area contributed by atoms with Crippen molar-refractivity contribution in [1.29, 1.82) is 0 Å². The Hall–Kier alpha value is -3.95. The van der Waals surface area contributed by atoms with Crippen LogP contribution in [0.1, 0.15) is 107 Å². The monoisotopic (exact) mass is 807 g/mol. The second kappa shape index (κ2) is 16.9. The maximum absolute atomic E-state index is 14.1. The molecular weight excluding hydrogens is 753 g/mol. The quantitative estimate of drug-likeness (QED) is 0.168. The van der Waals surface area contributed by atoms with E-state index in [9.17, 15) is 24.0 Å². The highest BCUT2D eigenvalue weighted by atomic mass is 35.5. The smallest absolute Gasteiger partial charge is 0.337 e. The van der Waals surface area contributed by atoms with Gasteiger partial charge in [0, 0.05) is 35.3 Å². The van der Waals surface area contributed by atoms with Gasteiger partial charge in [-0.2, -0.15) is 0 Å². The summed E-state index contributed by atoms with van der Waals surface area (Å²) in [4.78, 5) is 61.7. The molecule has 302 valence electrons. The number of Topliss-reactive ketones (excluding diaryl/α,β-unsaturated/α-hetero) is 1. The topological polar surface area (TPSA) is 136 Å². The largest absolute Gasteiger partial charge is 0.478 e. The van der Waals surface area contributed by atoms with Gasteiger partial charge in [-0.15, -0.1) is 23.2 Å². The number of carbonyl (C=O) groups is 5. The van der Waals surface area contributed by atoms with Gasteiger partial charge in [0.2, 0.25) is 5.78 Å². The summed E-state index contributed by atoms with van der Waals surface area (Å²) in [7, 11) is 0. The third kappa shape index (κ3) is 7.46. The summed E-state index contributed by atoms with van der Waals surface area (Å²) in [6.45, 7) is 13.4. The summed E-state index contributed by atoms with van der Waals surface area (Å²) in [5.41, 5.74) is 2.23. The van der Waals surface area contributed by atoms with E-state index < -0.39 is 51.2 Å². The molecule has 8 atom stereocenters. The molecule has 4 aliphatic rings. The number of carboxylic acid groups (broad SMARTS) is 1. The molecule has 3 fully saturated rings. The van der Waals surface area contributed by atoms with Gasteiger partial charge in [0.05, 0.1) is 21.5 Å². The lowest BCUT2D eigenvalue weighted by Crippen LogP contribution is -2.68. The van der Waals surface area contributed by atoms with E-state index in [-0.39, 0.29) is 47.7 Å². The van der Waals surface area contributed by atoms with Gasteiger partial charge in [0.25, 0.3) is 0 Å². The number of para-hydroxylation sites is 1. The summed E-state index contributed by atoms with van der Waals surface area (Å²) in [6, 6.07) is 12.8. The van der Waals surface area contributed by atoms with E-state index in [0.717, 1.165) is 23.2 Å². The minimum atomic E-state index is -1.48. The molecule has 2 N–H and O–H groups in total. The molecule has 0 spiro atoms. The van der Waals surface area contributed by atoms with Gasteiger partial charge in [-0.3, -0.25) is 19.2 Å². The van der Waals surface area contributed by atoms with Crippen molar-refractivity contribution in [3.8, 4) is 0 Å². The van der Waals surface area contributed by atoms with Crippen LogP contribution in [0.15, 0.2) is 66.3 Å². The minimum absolute atomic E-state index is 0.0393. The Kier molecular flexibility index (Phi) is 13.0. The number of anilines is 2. The van der Waals surface area contributed by atoms with Crippen molar-refractivity contribution in [1.82, 2.24) is 0 Å². The Morgan fingerprint density at radius 2 is 1.61 bits per heavy atom. The van der Waals surface area contributed by atoms with Crippen LogP contribution < -0.4 is 5.32 Å². The second-order valence-corrected chi connectivity index (χ2v) is 17.5. The number of hydrogen-bond donors (Lipinski definition) is 2. The third-order valence-corrected chi connectivity index (χ3v) is 14.7. The molecule has 11 heteroatoms. The Bertz CT molecular complexity index is 1940. The Balaban J connectivity index is 0.000000278. The lowest BCUT2D eigenvalue weighted by molar-refractivity contribution is -0.196. The van der Waals surface area contributed by atoms with Crippen molar-refractivity contribution in [2.75, 3.05) is 11.9 Å². The zero-order chi connectivity index (χ0) is 41.2. The molecule has 0 saturated heterocycles. The molecule has 56 heavy (non-hydrogen) atoms. The molecule has 0 amide bonds. The van der Waals surface area contributed by atoms with Crippen LogP contribution in [-0.2, 0) is 28.7 Å². The van der Waals surface area contributed by atoms with Crippen LogP contribution in [0.5, 0.6) is 0 Å². The first-order valence-corrected chi connectivity index (χ1v) is 20.6. The normalized spacial score (nSPS) is 31.4. The van der Waals surface area contributed by atoms with Gasteiger partial charge in [0.15, 0.2) is 18.0 Å². The van der Waals surface area contributed by atoms with Gasteiger partial charge in [0.1, 0.15) is 0 Å². The Morgan fingerprint density at radius 3 is 2.29 bits per heavy atom. The van der Waals surface area contributed by atoms with Gasteiger partial charge in [-0.25, -0.2) is 4.79 Å². The van der Waals surface area contributed by atoms with E-state index in [2.05, 4.69) is 12.2 Å². The highest BCUT2D eigenvalue weighted by Crippen LogP contribution is 2.73. The number of aryl methyl sites for hydroxylation is 1. The van der Waals surface area contributed by atoms with Crippen LogP contribution in [0.3, 0.4) is 0 Å². The number of aromatic carboxylic acids is 1. The number of alkyl halides is 2. The maximum Gasteiger partial charge on any atom is 0.337 e. The molecular formula is C45H55Cl2NO8. The van der Waals surface area contributed by atoms with Gasteiger partial charge in [-0.1, -0.05) is 70.5 Å². The molecule has 0 radical (unpaired) electrons. The number of ketones is 2. The zero-order valence-corrected chi connectivity index (χ0v) is 35.0. The zero-order valence-electron chi connectivity index (χ0n) is 33.5. The molecule has 0 unspecified atom stereocenters. The first-order chi connectivity index (χ1) is 26.4. The van der Waals surface area contributed by atoms with Crippen molar-refractivity contribution >= 4 is 64.1 Å². The summed E-state index contributed by atoms with van der Waals surface area (Å²) >= 11 is 14.9.